The van der Waals surface area contributed by atoms with Crippen molar-refractivity contribution in [3.05, 3.63) is 131 Å². The lowest BCUT2D eigenvalue weighted by atomic mass is 10.0. The van der Waals surface area contributed by atoms with Gasteiger partial charge in [0.05, 0.1) is 30.7 Å². The van der Waals surface area contributed by atoms with Crippen LogP contribution in [0.15, 0.2) is 93.8 Å². The molecule has 2 aromatic heterocycles. The Morgan fingerprint density at radius 3 is 1.47 bits per heavy atom. The van der Waals surface area contributed by atoms with Crippen molar-refractivity contribution in [3.8, 4) is 22.9 Å². The van der Waals surface area contributed by atoms with Gasteiger partial charge < -0.3 is 24.0 Å². The monoisotopic (exact) mass is 968 g/mol. The smallest absolute Gasteiger partial charge is 0.314 e. The molecule has 0 aliphatic carbocycles. The van der Waals surface area contributed by atoms with Gasteiger partial charge in [0.15, 0.2) is 0 Å². The van der Waals surface area contributed by atoms with Crippen LogP contribution >= 0.6 is 12.4 Å². The molecule has 0 atom stereocenters. The number of amides is 2. The molecule has 8 rings (SSSR count). The van der Waals surface area contributed by atoms with Crippen LogP contribution in [-0.2, 0) is 32.7 Å². The molecule has 2 fully saturated rings. The maximum absolute atomic E-state index is 14.9. The fourth-order valence-electron chi connectivity index (χ4n) is 6.63. The Morgan fingerprint density at radius 2 is 1.12 bits per heavy atom. The number of anilines is 2. The molecule has 2 saturated heterocycles. The van der Waals surface area contributed by atoms with Crippen LogP contribution in [0.3, 0.4) is 0 Å². The van der Waals surface area contributed by atoms with E-state index in [4.69, 9.17) is 8.83 Å². The summed E-state index contributed by atoms with van der Waals surface area (Å²) in [5, 5.41) is 16.4. The number of sulfonamides is 1. The molecular weight excluding hydrogens is 932 g/mol. The van der Waals surface area contributed by atoms with Gasteiger partial charge in [-0.15, -0.1) is 32.8 Å². The van der Waals surface area contributed by atoms with E-state index in [1.807, 2.05) is 0 Å². The first kappa shape index (κ1) is 49.1. The minimum atomic E-state index is -3.45. The third kappa shape index (κ3) is 11.2. The molecular formula is C42H37ClF8N8O6S. The van der Waals surface area contributed by atoms with Gasteiger partial charge in [0.2, 0.25) is 33.6 Å². The van der Waals surface area contributed by atoms with E-state index in [1.165, 1.54) is 81.7 Å². The highest BCUT2D eigenvalue weighted by molar-refractivity contribution is 7.89. The molecule has 4 heterocycles. The second-order valence-corrected chi connectivity index (χ2v) is 16.9. The fourth-order valence-corrected chi connectivity index (χ4v) is 7.80. The van der Waals surface area contributed by atoms with Crippen molar-refractivity contribution in [3.63, 3.8) is 0 Å². The molecule has 350 valence electrons. The Kier molecular flexibility index (Phi) is 15.6. The van der Waals surface area contributed by atoms with Crippen LogP contribution in [0.5, 0.6) is 0 Å². The Hall–Kier alpha value is -6.30. The van der Waals surface area contributed by atoms with Gasteiger partial charge in [-0.25, -0.2) is 30.3 Å². The van der Waals surface area contributed by atoms with E-state index < -0.39 is 69.7 Å². The number of carbonyl (C=O) groups is 2. The molecule has 6 aromatic rings. The molecule has 4 aromatic carbocycles. The maximum atomic E-state index is 14.9. The molecule has 0 bridgehead atoms. The molecule has 0 saturated carbocycles. The highest BCUT2D eigenvalue weighted by Crippen LogP contribution is 2.31. The molecule has 2 aliphatic heterocycles. The van der Waals surface area contributed by atoms with Crippen molar-refractivity contribution in [2.24, 2.45) is 11.8 Å². The highest BCUT2D eigenvalue weighted by atomic mass is 35.5. The summed E-state index contributed by atoms with van der Waals surface area (Å²) in [7, 11) is -3.45. The number of aromatic nitrogens is 4. The van der Waals surface area contributed by atoms with Crippen molar-refractivity contribution in [2.75, 3.05) is 41.7 Å². The fraction of sp³-hybridized carbons (Fsp3) is 0.286. The number of nitrogens with zero attached hydrogens (tertiary/aromatic N) is 7. The SMILES string of the molecule is CCS(=O)(=O)N1CC(C(=O)N(Cc2ccc(-c3nnc(C(F)F)o3)cc2F)c2cccc(F)c2)C1.Cl.O=C(C1CNC1)N(Cc1ccc(-c2nnc(C(F)F)o2)cc1F)c1cccc(F)c1. The van der Waals surface area contributed by atoms with Crippen LogP contribution < -0.4 is 15.1 Å². The van der Waals surface area contributed by atoms with E-state index in [1.54, 1.807) is 6.07 Å². The van der Waals surface area contributed by atoms with Gasteiger partial charge in [0.25, 0.3) is 11.8 Å². The van der Waals surface area contributed by atoms with Gasteiger partial charge in [-0.1, -0.05) is 24.3 Å². The number of rotatable bonds is 14. The number of hydrogen-bond donors (Lipinski definition) is 1. The van der Waals surface area contributed by atoms with E-state index in [0.29, 0.717) is 18.8 Å². The lowest BCUT2D eigenvalue weighted by Crippen LogP contribution is -2.56. The van der Waals surface area contributed by atoms with E-state index >= 15 is 0 Å². The van der Waals surface area contributed by atoms with Gasteiger partial charge in [0, 0.05) is 59.8 Å². The van der Waals surface area contributed by atoms with Crippen LogP contribution in [0.4, 0.5) is 46.5 Å². The average molecular weight is 969 g/mol. The summed E-state index contributed by atoms with van der Waals surface area (Å²) in [5.74, 6) is -6.66. The minimum Gasteiger partial charge on any atom is -0.415 e. The molecule has 0 spiro atoms. The number of halogens is 9. The van der Waals surface area contributed by atoms with Crippen LogP contribution in [0, 0.1) is 35.1 Å². The van der Waals surface area contributed by atoms with E-state index in [0.717, 1.165) is 18.2 Å². The Morgan fingerprint density at radius 1 is 0.682 bits per heavy atom. The van der Waals surface area contributed by atoms with Gasteiger partial charge in [-0.2, -0.15) is 17.6 Å². The molecule has 0 radical (unpaired) electrons. The van der Waals surface area contributed by atoms with Crippen molar-refractivity contribution >= 4 is 45.6 Å². The topological polar surface area (TPSA) is 168 Å². The van der Waals surface area contributed by atoms with Gasteiger partial charge in [0.1, 0.15) is 23.3 Å². The van der Waals surface area contributed by atoms with Crippen molar-refractivity contribution < 1.29 is 62.0 Å². The first-order chi connectivity index (χ1) is 31.0. The second-order valence-electron chi connectivity index (χ2n) is 14.7. The van der Waals surface area contributed by atoms with Crippen LogP contribution in [-0.4, -0.2) is 76.9 Å². The summed E-state index contributed by atoms with van der Waals surface area (Å²) in [4.78, 5) is 28.6. The maximum Gasteiger partial charge on any atom is 0.314 e. The molecule has 2 aliphatic rings. The first-order valence-corrected chi connectivity index (χ1v) is 21.2. The highest BCUT2D eigenvalue weighted by Gasteiger charge is 2.41. The molecule has 0 unspecified atom stereocenters. The second kappa shape index (κ2) is 20.9. The molecule has 1 N–H and O–H groups in total. The van der Waals surface area contributed by atoms with Gasteiger partial charge >= 0.3 is 12.9 Å². The van der Waals surface area contributed by atoms with Crippen molar-refractivity contribution in [2.45, 2.75) is 32.9 Å². The van der Waals surface area contributed by atoms with Crippen LogP contribution in [0.25, 0.3) is 22.9 Å². The third-order valence-corrected chi connectivity index (χ3v) is 12.2. The normalized spacial score (nSPS) is 14.2. The standard InChI is InChI=1S/C22H20F4N4O4S.C20H16F4N4O2.ClH/c1-2-35(32,33)29-10-15(11-29)22(31)30(17-5-3-4-16(23)9-17)12-14-7-6-13(8-18(14)24)20-27-28-21(34-20)19(25)26;21-14-2-1-3-15(7-14)28(20(29)13-8-25-9-13)10-12-5-4-11(6-16(12)22)18-26-27-19(30-18)17(23)24;/h3-9,15,19H,2,10-12H2,1H3;1-7,13,17,25H,8-10H2;1H. The zero-order valence-corrected chi connectivity index (χ0v) is 35.9. The summed E-state index contributed by atoms with van der Waals surface area (Å²) >= 11 is 0. The summed E-state index contributed by atoms with van der Waals surface area (Å²) in [6, 6.07) is 18.3. The summed E-state index contributed by atoms with van der Waals surface area (Å²) in [5.41, 5.74) is 0.897. The molecule has 24 heteroatoms. The third-order valence-electron chi connectivity index (χ3n) is 10.4. The predicted molar refractivity (Wildman–Crippen MR) is 223 cm³/mol. The van der Waals surface area contributed by atoms with E-state index in [9.17, 15) is 53.1 Å². The molecule has 66 heavy (non-hydrogen) atoms. The van der Waals surface area contributed by atoms with Crippen molar-refractivity contribution in [1.29, 1.82) is 0 Å². The van der Waals surface area contributed by atoms with Crippen LogP contribution in [0.1, 0.15) is 42.7 Å². The Bertz CT molecular complexity index is 2790. The van der Waals surface area contributed by atoms with Gasteiger partial charge in [-0.3, -0.25) is 9.59 Å². The zero-order valence-electron chi connectivity index (χ0n) is 34.3. The number of carbonyl (C=O) groups excluding carboxylic acids is 2. The number of benzene rings is 4. The van der Waals surface area contributed by atoms with Crippen LogP contribution in [0.2, 0.25) is 0 Å². The summed E-state index contributed by atoms with van der Waals surface area (Å²) in [6.07, 6.45) is -5.90. The largest absolute Gasteiger partial charge is 0.415 e. The molecule has 14 nitrogen and oxygen atoms in total. The Labute approximate surface area is 377 Å². The number of alkyl halides is 4. The van der Waals surface area contributed by atoms with E-state index in [-0.39, 0.29) is 95.9 Å². The van der Waals surface area contributed by atoms with E-state index in [2.05, 4.69) is 25.7 Å². The number of nitrogens with one attached hydrogen (secondary N) is 1. The number of hydrogen-bond acceptors (Lipinski definition) is 11. The Balaban J connectivity index is 0.000000217. The lowest BCUT2D eigenvalue weighted by Gasteiger charge is -2.39. The van der Waals surface area contributed by atoms with Crippen molar-refractivity contribution in [1.82, 2.24) is 30.0 Å². The molecule has 2 amide bonds. The quantitative estimate of drug-likeness (QED) is 0.105. The average Bonchev–Trinajstić information content (AvgIpc) is 3.94. The van der Waals surface area contributed by atoms with Gasteiger partial charge in [-0.05, 0) is 67.6 Å². The summed E-state index contributed by atoms with van der Waals surface area (Å²) < 4.78 is 143. The minimum absolute atomic E-state index is 0. The summed E-state index contributed by atoms with van der Waals surface area (Å²) in [6.45, 7) is 2.04. The predicted octanol–water partition coefficient (Wildman–Crippen LogP) is 7.89. The zero-order chi connectivity index (χ0) is 46.6. The lowest BCUT2D eigenvalue weighted by molar-refractivity contribution is -0.125. The first-order valence-electron chi connectivity index (χ1n) is 19.6.